The van der Waals surface area contributed by atoms with Crippen molar-refractivity contribution < 1.29 is 19.4 Å². The van der Waals surface area contributed by atoms with Crippen LogP contribution in [0.5, 0.6) is 17.2 Å². The molecule has 0 spiro atoms. The Morgan fingerprint density at radius 1 is 1.09 bits per heavy atom. The highest BCUT2D eigenvalue weighted by Gasteiger charge is 2.42. The van der Waals surface area contributed by atoms with Crippen LogP contribution in [0.1, 0.15) is 23.2 Å². The van der Waals surface area contributed by atoms with Crippen LogP contribution in [-0.4, -0.2) is 42.3 Å². The van der Waals surface area contributed by atoms with Crippen LogP contribution in [0.2, 0.25) is 0 Å². The number of benzene rings is 3. The Kier molecular flexibility index (Phi) is 5.26. The summed E-state index contributed by atoms with van der Waals surface area (Å²) in [4.78, 5) is 16.7. The molecular formula is C26H25N3O4. The number of methoxy groups -OCH3 is 1. The van der Waals surface area contributed by atoms with Crippen molar-refractivity contribution in [3.05, 3.63) is 66.4 Å². The van der Waals surface area contributed by atoms with E-state index in [1.807, 2.05) is 48.5 Å². The van der Waals surface area contributed by atoms with Crippen molar-refractivity contribution in [2.45, 2.75) is 18.4 Å². The van der Waals surface area contributed by atoms with E-state index in [0.29, 0.717) is 22.8 Å². The van der Waals surface area contributed by atoms with E-state index in [1.54, 1.807) is 26.4 Å². The Morgan fingerprint density at radius 3 is 2.67 bits per heavy atom. The quantitative estimate of drug-likeness (QED) is 0.390. The van der Waals surface area contributed by atoms with Crippen molar-refractivity contribution in [1.29, 1.82) is 0 Å². The number of amides is 1. The number of aliphatic hydroxyl groups excluding tert-OH is 1. The summed E-state index contributed by atoms with van der Waals surface area (Å²) >= 11 is 0. The van der Waals surface area contributed by atoms with E-state index in [4.69, 9.17) is 9.47 Å². The third-order valence-electron chi connectivity index (χ3n) is 6.13. The van der Waals surface area contributed by atoms with Gasteiger partial charge in [0.2, 0.25) is 0 Å². The zero-order chi connectivity index (χ0) is 23.0. The minimum atomic E-state index is -0.270. The molecule has 5 rings (SSSR count). The second kappa shape index (κ2) is 8.26. The summed E-state index contributed by atoms with van der Waals surface area (Å²) in [6, 6.07) is 16.9. The van der Waals surface area contributed by atoms with Crippen LogP contribution in [0.4, 0.5) is 5.69 Å². The highest BCUT2D eigenvalue weighted by atomic mass is 16.5. The predicted octanol–water partition coefficient (Wildman–Crippen LogP) is 4.49. The molecule has 4 aromatic rings. The first kappa shape index (κ1) is 21.0. The second-order valence-electron chi connectivity index (χ2n) is 8.31. The van der Waals surface area contributed by atoms with Crippen molar-refractivity contribution >= 4 is 33.3 Å². The largest absolute Gasteiger partial charge is 0.495 e. The third kappa shape index (κ3) is 3.91. The summed E-state index contributed by atoms with van der Waals surface area (Å²) in [5, 5.41) is 18.4. The molecule has 7 nitrogen and oxygen atoms in total. The molecule has 33 heavy (non-hydrogen) atoms. The lowest BCUT2D eigenvalue weighted by atomic mass is 10.0. The molecule has 0 atom stereocenters. The highest BCUT2D eigenvalue weighted by Crippen LogP contribution is 2.43. The Morgan fingerprint density at radius 2 is 1.94 bits per heavy atom. The summed E-state index contributed by atoms with van der Waals surface area (Å²) in [5.74, 6) is 1.84. The van der Waals surface area contributed by atoms with Crippen molar-refractivity contribution in [1.82, 2.24) is 10.3 Å². The lowest BCUT2D eigenvalue weighted by molar-refractivity contribution is 0.0964. The van der Waals surface area contributed by atoms with Crippen LogP contribution < -0.4 is 20.1 Å². The van der Waals surface area contributed by atoms with Gasteiger partial charge in [0, 0.05) is 24.2 Å². The molecule has 168 valence electrons. The van der Waals surface area contributed by atoms with Gasteiger partial charge in [-0.05, 0) is 66.1 Å². The number of rotatable bonds is 7. The van der Waals surface area contributed by atoms with Gasteiger partial charge in [-0.2, -0.15) is 0 Å². The fourth-order valence-corrected chi connectivity index (χ4v) is 4.05. The standard InChI is InChI=1S/C26H25N3O4/c1-27-25(31)19-5-3-4-16-12-17(6-7-18(16)19)33-23-8-11-28-21-14-22(24(32-2)13-20(21)23)29-26(15-30)9-10-26/h3-8,11-14,29-30H,9-10,15H2,1-2H3,(H,27,31). The molecule has 1 heterocycles. The molecule has 1 amide bonds. The smallest absolute Gasteiger partial charge is 0.251 e. The van der Waals surface area contributed by atoms with Crippen molar-refractivity contribution in [3.8, 4) is 17.2 Å². The van der Waals surface area contributed by atoms with Crippen LogP contribution >= 0.6 is 0 Å². The molecule has 3 aromatic carbocycles. The monoisotopic (exact) mass is 443 g/mol. The topological polar surface area (TPSA) is 92.7 Å². The van der Waals surface area contributed by atoms with Crippen LogP contribution in [0.3, 0.4) is 0 Å². The average molecular weight is 444 g/mol. The minimum absolute atomic E-state index is 0.0777. The number of fused-ring (bicyclic) bond motifs is 2. The number of nitrogens with one attached hydrogen (secondary N) is 2. The van der Waals surface area contributed by atoms with Gasteiger partial charge in [-0.1, -0.05) is 12.1 Å². The summed E-state index contributed by atoms with van der Waals surface area (Å²) in [6.07, 6.45) is 3.55. The van der Waals surface area contributed by atoms with Crippen LogP contribution in [0.15, 0.2) is 60.8 Å². The number of hydrogen-bond acceptors (Lipinski definition) is 6. The van der Waals surface area contributed by atoms with Gasteiger partial charge in [0.1, 0.15) is 17.2 Å². The molecule has 3 N–H and O–H groups in total. The van der Waals surface area contributed by atoms with E-state index in [0.717, 1.165) is 40.2 Å². The normalized spacial score (nSPS) is 14.2. The van der Waals surface area contributed by atoms with Crippen molar-refractivity contribution in [3.63, 3.8) is 0 Å². The summed E-state index contributed by atoms with van der Waals surface area (Å²) in [5.41, 5.74) is 1.91. The average Bonchev–Trinajstić information content (AvgIpc) is 3.62. The maximum atomic E-state index is 12.2. The molecule has 1 aliphatic carbocycles. The second-order valence-corrected chi connectivity index (χ2v) is 8.31. The number of anilines is 1. The molecule has 0 aliphatic heterocycles. The first-order valence-electron chi connectivity index (χ1n) is 10.8. The summed E-state index contributed by atoms with van der Waals surface area (Å²) in [6.45, 7) is 0.0777. The molecule has 1 aromatic heterocycles. The van der Waals surface area contributed by atoms with E-state index >= 15 is 0 Å². The maximum Gasteiger partial charge on any atom is 0.251 e. The highest BCUT2D eigenvalue weighted by molar-refractivity contribution is 6.07. The maximum absolute atomic E-state index is 12.2. The number of carbonyl (C=O) groups is 1. The fraction of sp³-hybridized carbons (Fsp3) is 0.231. The van der Waals surface area contributed by atoms with Gasteiger partial charge in [-0.25, -0.2) is 0 Å². The number of carbonyl (C=O) groups excluding carboxylic acids is 1. The number of hydrogen-bond donors (Lipinski definition) is 3. The van der Waals surface area contributed by atoms with Gasteiger partial charge in [0.15, 0.2) is 0 Å². The Labute approximate surface area is 191 Å². The van der Waals surface area contributed by atoms with Gasteiger partial charge < -0.3 is 25.2 Å². The van der Waals surface area contributed by atoms with Gasteiger partial charge >= 0.3 is 0 Å². The van der Waals surface area contributed by atoms with E-state index in [2.05, 4.69) is 15.6 Å². The number of aromatic nitrogens is 1. The zero-order valence-electron chi connectivity index (χ0n) is 18.5. The lowest BCUT2D eigenvalue weighted by Gasteiger charge is -2.19. The van der Waals surface area contributed by atoms with E-state index in [1.165, 1.54) is 0 Å². The summed E-state index contributed by atoms with van der Waals surface area (Å²) in [7, 11) is 3.24. The third-order valence-corrected chi connectivity index (χ3v) is 6.13. The molecule has 7 heteroatoms. The SMILES string of the molecule is CNC(=O)c1cccc2cc(Oc3ccnc4cc(NC5(CO)CC5)c(OC)cc34)ccc12. The fourth-order valence-electron chi connectivity index (χ4n) is 4.05. The first-order chi connectivity index (χ1) is 16.1. The Hall–Kier alpha value is -3.84. The van der Waals surface area contributed by atoms with Gasteiger partial charge in [0.25, 0.3) is 5.91 Å². The van der Waals surface area contributed by atoms with Crippen molar-refractivity contribution in [2.75, 3.05) is 26.1 Å². The van der Waals surface area contributed by atoms with E-state index in [9.17, 15) is 9.90 Å². The molecule has 0 unspecified atom stereocenters. The Balaban J connectivity index is 1.51. The van der Waals surface area contributed by atoms with Gasteiger partial charge in [-0.3, -0.25) is 9.78 Å². The van der Waals surface area contributed by atoms with E-state index in [-0.39, 0.29) is 18.1 Å². The van der Waals surface area contributed by atoms with Crippen molar-refractivity contribution in [2.24, 2.45) is 0 Å². The number of aliphatic hydroxyl groups is 1. The lowest BCUT2D eigenvalue weighted by Crippen LogP contribution is -2.25. The number of pyridine rings is 1. The van der Waals surface area contributed by atoms with Crippen LogP contribution in [-0.2, 0) is 0 Å². The molecule has 1 aliphatic rings. The number of nitrogens with zero attached hydrogens (tertiary/aromatic N) is 1. The number of ether oxygens (including phenoxy) is 2. The van der Waals surface area contributed by atoms with E-state index < -0.39 is 0 Å². The molecule has 0 radical (unpaired) electrons. The molecule has 1 fully saturated rings. The van der Waals surface area contributed by atoms with Gasteiger partial charge in [-0.15, -0.1) is 0 Å². The summed E-state index contributed by atoms with van der Waals surface area (Å²) < 4.78 is 11.9. The van der Waals surface area contributed by atoms with Gasteiger partial charge in [0.05, 0.1) is 30.5 Å². The first-order valence-corrected chi connectivity index (χ1v) is 10.8. The minimum Gasteiger partial charge on any atom is -0.495 e. The molecular weight excluding hydrogens is 418 g/mol. The molecule has 0 bridgehead atoms. The van der Waals surface area contributed by atoms with Crippen LogP contribution in [0, 0.1) is 0 Å². The Bertz CT molecular complexity index is 1360. The van der Waals surface area contributed by atoms with Crippen LogP contribution in [0.25, 0.3) is 21.7 Å². The molecule has 1 saturated carbocycles. The predicted molar refractivity (Wildman–Crippen MR) is 128 cm³/mol. The zero-order valence-corrected chi connectivity index (χ0v) is 18.5. The molecule has 0 saturated heterocycles.